The third kappa shape index (κ3) is 5.16. The van der Waals surface area contributed by atoms with Gasteiger partial charge in [0, 0.05) is 24.6 Å². The van der Waals surface area contributed by atoms with Crippen molar-refractivity contribution in [3.05, 3.63) is 64.5 Å². The zero-order valence-electron chi connectivity index (χ0n) is 14.3. The summed E-state index contributed by atoms with van der Waals surface area (Å²) in [4.78, 5) is 16.2. The van der Waals surface area contributed by atoms with Crippen molar-refractivity contribution < 1.29 is 13.2 Å². The van der Waals surface area contributed by atoms with Crippen LogP contribution in [0.15, 0.2) is 53.0 Å². The van der Waals surface area contributed by atoms with E-state index in [1.54, 1.807) is 18.3 Å². The molecule has 0 aliphatic heterocycles. The van der Waals surface area contributed by atoms with E-state index < -0.39 is 15.9 Å². The Bertz CT molecular complexity index is 1040. The van der Waals surface area contributed by atoms with E-state index in [1.807, 2.05) is 29.8 Å². The minimum atomic E-state index is -3.75. The molecule has 2 heterocycles. The number of carbonyl (C=O) groups is 1. The molecule has 0 fully saturated rings. The topological polar surface area (TPSA) is 93.1 Å². The molecule has 0 aliphatic carbocycles. The fraction of sp³-hybridized carbons (Fsp3) is 0.176. The Balaban J connectivity index is 1.54. The van der Waals surface area contributed by atoms with E-state index in [1.165, 1.54) is 12.1 Å². The van der Waals surface area contributed by atoms with Gasteiger partial charge in [0.25, 0.3) is 10.0 Å². The van der Waals surface area contributed by atoms with Gasteiger partial charge in [0.15, 0.2) is 0 Å². The van der Waals surface area contributed by atoms with Crippen LogP contribution in [-0.2, 0) is 21.4 Å². The number of benzene rings is 1. The van der Waals surface area contributed by atoms with Crippen molar-refractivity contribution in [3.63, 3.8) is 0 Å². The lowest BCUT2D eigenvalue weighted by atomic mass is 10.2. The summed E-state index contributed by atoms with van der Waals surface area (Å²) in [5, 5.41) is 2.66. The first-order chi connectivity index (χ1) is 12.8. The number of nitrogens with one attached hydrogen (secondary N) is 2. The van der Waals surface area contributed by atoms with Crippen molar-refractivity contribution in [1.29, 1.82) is 0 Å². The first-order valence-electron chi connectivity index (χ1n) is 7.95. The van der Waals surface area contributed by atoms with E-state index in [0.29, 0.717) is 16.6 Å². The molecule has 0 aliphatic rings. The van der Waals surface area contributed by atoms with E-state index >= 15 is 0 Å². The number of amides is 1. The molecule has 3 aromatic rings. The number of rotatable bonds is 7. The van der Waals surface area contributed by atoms with E-state index in [4.69, 9.17) is 11.6 Å². The van der Waals surface area contributed by atoms with Crippen LogP contribution in [-0.4, -0.2) is 30.4 Å². The Labute approximate surface area is 166 Å². The molecule has 0 atom stereocenters. The zero-order valence-corrected chi connectivity index (χ0v) is 16.7. The molecule has 0 bridgehead atoms. The number of hydrogen-bond donors (Lipinski definition) is 2. The zero-order chi connectivity index (χ0) is 19.4. The lowest BCUT2D eigenvalue weighted by Gasteiger charge is -2.09. The molecular weight excluding hydrogens is 408 g/mol. The summed E-state index contributed by atoms with van der Waals surface area (Å²) in [6, 6.07) is 10.2. The first kappa shape index (κ1) is 19.6. The second kappa shape index (κ2) is 8.22. The van der Waals surface area contributed by atoms with Crippen LogP contribution in [0.2, 0.25) is 4.34 Å². The van der Waals surface area contributed by atoms with Crippen molar-refractivity contribution in [1.82, 2.24) is 14.3 Å². The number of anilines is 1. The van der Waals surface area contributed by atoms with Crippen molar-refractivity contribution in [2.24, 2.45) is 0 Å². The predicted octanol–water partition coefficient (Wildman–Crippen LogP) is 2.87. The minimum Gasteiger partial charge on any atom is -0.331 e. The highest BCUT2D eigenvalue weighted by atomic mass is 35.5. The highest BCUT2D eigenvalue weighted by molar-refractivity contribution is 7.91. The van der Waals surface area contributed by atoms with Gasteiger partial charge in [0.05, 0.1) is 10.9 Å². The monoisotopic (exact) mass is 424 g/mol. The van der Waals surface area contributed by atoms with Crippen molar-refractivity contribution in [2.45, 2.75) is 17.7 Å². The number of aryl methyl sites for hydroxylation is 1. The fourth-order valence-electron chi connectivity index (χ4n) is 2.34. The second-order valence-corrected chi connectivity index (χ2v) is 9.44. The van der Waals surface area contributed by atoms with Gasteiger partial charge < -0.3 is 9.88 Å². The highest BCUT2D eigenvalue weighted by Crippen LogP contribution is 2.25. The molecule has 2 aromatic heterocycles. The number of aromatic nitrogens is 2. The molecule has 0 saturated carbocycles. The summed E-state index contributed by atoms with van der Waals surface area (Å²) in [5.74, 6) is 0.464. The summed E-state index contributed by atoms with van der Waals surface area (Å²) in [6.07, 6.45) is 3.65. The van der Waals surface area contributed by atoms with Crippen LogP contribution in [0.3, 0.4) is 0 Å². The third-order valence-electron chi connectivity index (χ3n) is 3.75. The van der Waals surface area contributed by atoms with Gasteiger partial charge >= 0.3 is 0 Å². The van der Waals surface area contributed by atoms with Gasteiger partial charge in [0.1, 0.15) is 10.0 Å². The Hall–Kier alpha value is -2.20. The van der Waals surface area contributed by atoms with Crippen LogP contribution >= 0.6 is 22.9 Å². The average Bonchev–Trinajstić information content (AvgIpc) is 3.24. The molecule has 1 aromatic carbocycles. The van der Waals surface area contributed by atoms with Crippen molar-refractivity contribution in [3.8, 4) is 0 Å². The molecule has 0 radical (unpaired) electrons. The van der Waals surface area contributed by atoms with Crippen LogP contribution < -0.4 is 10.0 Å². The molecule has 0 saturated heterocycles. The summed E-state index contributed by atoms with van der Waals surface area (Å²) in [5.41, 5.74) is 1.65. The fourth-order valence-corrected chi connectivity index (χ4v) is 4.85. The molecule has 142 valence electrons. The number of nitrogens with zero attached hydrogens (tertiary/aromatic N) is 2. The van der Waals surface area contributed by atoms with Gasteiger partial charge in [-0.1, -0.05) is 23.7 Å². The van der Waals surface area contributed by atoms with Crippen molar-refractivity contribution >= 4 is 44.6 Å². The minimum absolute atomic E-state index is 0.0689. The summed E-state index contributed by atoms with van der Waals surface area (Å²) >= 11 is 6.68. The van der Waals surface area contributed by atoms with E-state index in [0.717, 1.165) is 22.7 Å². The van der Waals surface area contributed by atoms with Crippen LogP contribution in [0.1, 0.15) is 11.4 Å². The van der Waals surface area contributed by atoms with E-state index in [2.05, 4.69) is 15.0 Å². The Kier molecular flexibility index (Phi) is 5.95. The summed E-state index contributed by atoms with van der Waals surface area (Å²) in [7, 11) is -3.75. The molecule has 0 spiro atoms. The molecule has 10 heteroatoms. The number of carbonyl (C=O) groups excluding carboxylic acids is 1. The smallest absolute Gasteiger partial charge is 0.250 e. The lowest BCUT2D eigenvalue weighted by Crippen LogP contribution is -2.32. The largest absolute Gasteiger partial charge is 0.331 e. The van der Waals surface area contributed by atoms with Gasteiger partial charge in [-0.3, -0.25) is 4.79 Å². The lowest BCUT2D eigenvalue weighted by molar-refractivity contribution is -0.115. The Morgan fingerprint density at radius 1 is 1.22 bits per heavy atom. The SMILES string of the molecule is Cc1nccn1Cc1ccc(NC(=O)CNS(=O)(=O)c2ccc(Cl)s2)cc1. The molecule has 7 nitrogen and oxygen atoms in total. The molecule has 0 unspecified atom stereocenters. The Morgan fingerprint density at radius 3 is 2.56 bits per heavy atom. The van der Waals surface area contributed by atoms with Crippen molar-refractivity contribution in [2.75, 3.05) is 11.9 Å². The van der Waals surface area contributed by atoms with Gasteiger partial charge in [-0.25, -0.2) is 18.1 Å². The molecule has 1 amide bonds. The highest BCUT2D eigenvalue weighted by Gasteiger charge is 2.17. The number of halogens is 1. The molecule has 3 rings (SSSR count). The number of imidazole rings is 1. The van der Waals surface area contributed by atoms with E-state index in [9.17, 15) is 13.2 Å². The number of hydrogen-bond acceptors (Lipinski definition) is 5. The van der Waals surface area contributed by atoms with Crippen LogP contribution in [0.4, 0.5) is 5.69 Å². The maximum atomic E-state index is 12.1. The van der Waals surface area contributed by atoms with Gasteiger partial charge in [0.2, 0.25) is 5.91 Å². The standard InChI is InChI=1S/C17H17ClN4O3S2/c1-12-19-8-9-22(12)11-13-2-4-14(5-3-13)21-16(23)10-20-27(24,25)17-7-6-15(18)26-17/h2-9,20H,10-11H2,1H3,(H,21,23). The van der Waals surface area contributed by atoms with Gasteiger partial charge in [-0.05, 0) is 36.8 Å². The van der Waals surface area contributed by atoms with Gasteiger partial charge in [-0.15, -0.1) is 11.3 Å². The van der Waals surface area contributed by atoms with Crippen LogP contribution in [0.25, 0.3) is 0 Å². The Morgan fingerprint density at radius 2 is 1.96 bits per heavy atom. The summed E-state index contributed by atoms with van der Waals surface area (Å²) < 4.78 is 28.9. The second-order valence-electron chi connectivity index (χ2n) is 5.73. The van der Waals surface area contributed by atoms with Gasteiger partial charge in [-0.2, -0.15) is 0 Å². The normalized spacial score (nSPS) is 11.5. The predicted molar refractivity (Wildman–Crippen MR) is 106 cm³/mol. The molecule has 2 N–H and O–H groups in total. The van der Waals surface area contributed by atoms with Crippen LogP contribution in [0.5, 0.6) is 0 Å². The maximum Gasteiger partial charge on any atom is 0.250 e. The average molecular weight is 425 g/mol. The van der Waals surface area contributed by atoms with Crippen LogP contribution in [0, 0.1) is 6.92 Å². The number of thiophene rings is 1. The first-order valence-corrected chi connectivity index (χ1v) is 10.6. The number of sulfonamides is 1. The molecule has 27 heavy (non-hydrogen) atoms. The quantitative estimate of drug-likeness (QED) is 0.609. The van der Waals surface area contributed by atoms with E-state index in [-0.39, 0.29) is 10.8 Å². The third-order valence-corrected chi connectivity index (χ3v) is 6.87. The molecular formula is C17H17ClN4O3S2. The maximum absolute atomic E-state index is 12.1. The summed E-state index contributed by atoms with van der Waals surface area (Å²) in [6.45, 7) is 2.25.